The van der Waals surface area contributed by atoms with Crippen LogP contribution < -0.4 is 10.1 Å². The Labute approximate surface area is 122 Å². The van der Waals surface area contributed by atoms with Gasteiger partial charge in [0.05, 0.1) is 13.2 Å². The van der Waals surface area contributed by atoms with Gasteiger partial charge in [-0.25, -0.2) is 0 Å². The van der Waals surface area contributed by atoms with E-state index in [-0.39, 0.29) is 0 Å². The fourth-order valence-electron chi connectivity index (χ4n) is 2.57. The van der Waals surface area contributed by atoms with Gasteiger partial charge in [0.25, 0.3) is 0 Å². The van der Waals surface area contributed by atoms with Gasteiger partial charge < -0.3 is 19.7 Å². The van der Waals surface area contributed by atoms with Crippen molar-refractivity contribution in [1.82, 2.24) is 10.2 Å². The highest BCUT2D eigenvalue weighted by molar-refractivity contribution is 5.37. The van der Waals surface area contributed by atoms with E-state index in [0.717, 1.165) is 32.0 Å². The van der Waals surface area contributed by atoms with Gasteiger partial charge in [-0.15, -0.1) is 0 Å². The summed E-state index contributed by atoms with van der Waals surface area (Å²) in [7, 11) is 5.88. The number of benzene rings is 1. The SMILES string of the molecule is COc1cc(CN(C)C)ccc1CNCC1CCCO1. The van der Waals surface area contributed by atoms with Gasteiger partial charge >= 0.3 is 0 Å². The van der Waals surface area contributed by atoms with Gasteiger partial charge in [0.15, 0.2) is 0 Å². The number of ether oxygens (including phenoxy) is 2. The van der Waals surface area contributed by atoms with E-state index >= 15 is 0 Å². The molecule has 1 heterocycles. The molecule has 1 N–H and O–H groups in total. The van der Waals surface area contributed by atoms with Gasteiger partial charge in [0.2, 0.25) is 0 Å². The van der Waals surface area contributed by atoms with Crippen molar-refractivity contribution in [2.75, 3.05) is 34.4 Å². The van der Waals surface area contributed by atoms with E-state index in [2.05, 4.69) is 42.5 Å². The Balaban J connectivity index is 1.89. The van der Waals surface area contributed by atoms with Crippen LogP contribution in [0.4, 0.5) is 0 Å². The minimum atomic E-state index is 0.383. The van der Waals surface area contributed by atoms with E-state index in [4.69, 9.17) is 9.47 Å². The van der Waals surface area contributed by atoms with E-state index in [1.807, 2.05) is 0 Å². The van der Waals surface area contributed by atoms with Crippen molar-refractivity contribution in [2.24, 2.45) is 0 Å². The Morgan fingerprint density at radius 2 is 2.25 bits per heavy atom. The summed E-state index contributed by atoms with van der Waals surface area (Å²) in [4.78, 5) is 2.16. The van der Waals surface area contributed by atoms with Gasteiger partial charge in [0.1, 0.15) is 5.75 Å². The first-order valence-electron chi connectivity index (χ1n) is 7.32. The normalized spacial score (nSPS) is 18.7. The molecule has 1 saturated heterocycles. The summed E-state index contributed by atoms with van der Waals surface area (Å²) < 4.78 is 11.1. The second-order valence-corrected chi connectivity index (χ2v) is 5.65. The van der Waals surface area contributed by atoms with Crippen LogP contribution in [0, 0.1) is 0 Å². The smallest absolute Gasteiger partial charge is 0.123 e. The Morgan fingerprint density at radius 3 is 2.90 bits per heavy atom. The highest BCUT2D eigenvalue weighted by atomic mass is 16.5. The molecule has 0 saturated carbocycles. The first-order valence-corrected chi connectivity index (χ1v) is 7.32. The molecule has 4 nitrogen and oxygen atoms in total. The number of methoxy groups -OCH3 is 1. The molecular formula is C16H26N2O2. The minimum Gasteiger partial charge on any atom is -0.496 e. The molecule has 1 fully saturated rings. The van der Waals surface area contributed by atoms with Crippen molar-refractivity contribution in [3.63, 3.8) is 0 Å². The fraction of sp³-hybridized carbons (Fsp3) is 0.625. The molecule has 0 aromatic heterocycles. The molecule has 1 aromatic rings. The summed E-state index contributed by atoms with van der Waals surface area (Å²) in [6.07, 6.45) is 2.75. The van der Waals surface area contributed by atoms with E-state index in [1.165, 1.54) is 24.0 Å². The van der Waals surface area contributed by atoms with E-state index in [9.17, 15) is 0 Å². The zero-order valence-electron chi connectivity index (χ0n) is 12.8. The van der Waals surface area contributed by atoms with Crippen molar-refractivity contribution >= 4 is 0 Å². The van der Waals surface area contributed by atoms with Crippen LogP contribution >= 0.6 is 0 Å². The average molecular weight is 278 g/mol. The Morgan fingerprint density at radius 1 is 1.40 bits per heavy atom. The summed E-state index contributed by atoms with van der Waals surface area (Å²) in [6, 6.07) is 6.45. The maximum absolute atomic E-state index is 5.61. The van der Waals surface area contributed by atoms with Crippen LogP contribution in [-0.4, -0.2) is 45.4 Å². The number of hydrogen-bond donors (Lipinski definition) is 1. The van der Waals surface area contributed by atoms with Crippen LogP contribution in [-0.2, 0) is 17.8 Å². The molecule has 2 rings (SSSR count). The largest absolute Gasteiger partial charge is 0.496 e. The third kappa shape index (κ3) is 4.47. The summed E-state index contributed by atoms with van der Waals surface area (Å²) in [5, 5.41) is 3.46. The minimum absolute atomic E-state index is 0.383. The molecule has 0 spiro atoms. The molecule has 20 heavy (non-hydrogen) atoms. The summed E-state index contributed by atoms with van der Waals surface area (Å²) >= 11 is 0. The predicted octanol–water partition coefficient (Wildman–Crippen LogP) is 2.03. The molecular weight excluding hydrogens is 252 g/mol. The van der Waals surface area contributed by atoms with E-state index < -0.39 is 0 Å². The molecule has 1 aliphatic heterocycles. The summed E-state index contributed by atoms with van der Waals surface area (Å²) in [6.45, 7) is 3.59. The monoisotopic (exact) mass is 278 g/mol. The Kier molecular flexibility index (Phi) is 5.83. The predicted molar refractivity (Wildman–Crippen MR) is 81.1 cm³/mol. The molecule has 1 atom stereocenters. The lowest BCUT2D eigenvalue weighted by Crippen LogP contribution is -2.26. The van der Waals surface area contributed by atoms with Crippen LogP contribution in [0.2, 0.25) is 0 Å². The fourth-order valence-corrected chi connectivity index (χ4v) is 2.57. The summed E-state index contributed by atoms with van der Waals surface area (Å²) in [5.74, 6) is 0.962. The Bertz CT molecular complexity index is 415. The van der Waals surface area contributed by atoms with Gasteiger partial charge in [-0.2, -0.15) is 0 Å². The second-order valence-electron chi connectivity index (χ2n) is 5.65. The van der Waals surface area contributed by atoms with Crippen LogP contribution in [0.15, 0.2) is 18.2 Å². The number of nitrogens with zero attached hydrogens (tertiary/aromatic N) is 1. The lowest BCUT2D eigenvalue weighted by Gasteiger charge is -2.15. The average Bonchev–Trinajstić information content (AvgIpc) is 2.92. The third-order valence-electron chi connectivity index (χ3n) is 3.56. The number of nitrogens with one attached hydrogen (secondary N) is 1. The van der Waals surface area contributed by atoms with Gasteiger partial charge in [0, 0.05) is 31.8 Å². The van der Waals surface area contributed by atoms with E-state index in [1.54, 1.807) is 7.11 Å². The maximum Gasteiger partial charge on any atom is 0.123 e. The molecule has 0 amide bonds. The zero-order valence-corrected chi connectivity index (χ0v) is 12.8. The van der Waals surface area contributed by atoms with Crippen molar-refractivity contribution in [1.29, 1.82) is 0 Å². The third-order valence-corrected chi connectivity index (χ3v) is 3.56. The first-order chi connectivity index (χ1) is 9.69. The van der Waals surface area contributed by atoms with Crippen LogP contribution in [0.3, 0.4) is 0 Å². The summed E-state index contributed by atoms with van der Waals surface area (Å²) in [5.41, 5.74) is 2.47. The number of rotatable bonds is 7. The van der Waals surface area contributed by atoms with E-state index in [0.29, 0.717) is 6.10 Å². The molecule has 4 heteroatoms. The van der Waals surface area contributed by atoms with Crippen molar-refractivity contribution < 1.29 is 9.47 Å². The lowest BCUT2D eigenvalue weighted by molar-refractivity contribution is 0.110. The molecule has 1 aliphatic rings. The van der Waals surface area contributed by atoms with Crippen LogP contribution in [0.5, 0.6) is 5.75 Å². The first kappa shape index (κ1) is 15.3. The second kappa shape index (κ2) is 7.62. The quantitative estimate of drug-likeness (QED) is 0.827. The highest BCUT2D eigenvalue weighted by Crippen LogP contribution is 2.21. The molecule has 0 aliphatic carbocycles. The molecule has 1 aromatic carbocycles. The molecule has 0 radical (unpaired) electrons. The Hall–Kier alpha value is -1.10. The zero-order chi connectivity index (χ0) is 14.4. The van der Waals surface area contributed by atoms with Gasteiger partial charge in [-0.3, -0.25) is 0 Å². The van der Waals surface area contributed by atoms with Crippen LogP contribution in [0.1, 0.15) is 24.0 Å². The molecule has 0 bridgehead atoms. The van der Waals surface area contributed by atoms with Gasteiger partial charge in [-0.05, 0) is 38.6 Å². The van der Waals surface area contributed by atoms with Crippen molar-refractivity contribution in [3.8, 4) is 5.75 Å². The van der Waals surface area contributed by atoms with Crippen molar-refractivity contribution in [3.05, 3.63) is 29.3 Å². The maximum atomic E-state index is 5.61. The standard InChI is InChI=1S/C16H26N2O2/c1-18(2)12-13-6-7-14(16(9-13)19-3)10-17-11-15-5-4-8-20-15/h6-7,9,15,17H,4-5,8,10-12H2,1-3H3. The van der Waals surface area contributed by atoms with Crippen LogP contribution in [0.25, 0.3) is 0 Å². The molecule has 1 unspecified atom stereocenters. The van der Waals surface area contributed by atoms with Crippen molar-refractivity contribution in [2.45, 2.75) is 32.0 Å². The number of hydrogen-bond acceptors (Lipinski definition) is 4. The lowest BCUT2D eigenvalue weighted by atomic mass is 10.1. The highest BCUT2D eigenvalue weighted by Gasteiger charge is 2.14. The molecule has 112 valence electrons. The van der Waals surface area contributed by atoms with Gasteiger partial charge in [-0.1, -0.05) is 12.1 Å². The topological polar surface area (TPSA) is 33.7 Å².